The van der Waals surface area contributed by atoms with Crippen molar-refractivity contribution in [3.63, 3.8) is 0 Å². The molecule has 0 spiro atoms. The number of piperidine rings is 1. The third kappa shape index (κ3) is 4.19. The lowest BCUT2D eigenvalue weighted by Gasteiger charge is -2.34. The van der Waals surface area contributed by atoms with E-state index in [1.807, 2.05) is 52.1 Å². The minimum atomic E-state index is -0.0501. The number of hydrogen-bond donors (Lipinski definition) is 1. The molecule has 2 aliphatic rings. The largest absolute Gasteiger partial charge is 0.355 e. The van der Waals surface area contributed by atoms with Gasteiger partial charge in [0.1, 0.15) is 5.82 Å². The molecule has 2 N–H and O–H groups in total. The van der Waals surface area contributed by atoms with Crippen LogP contribution in [0.2, 0.25) is 0 Å². The molecule has 4 aromatic heterocycles. The third-order valence-corrected chi connectivity index (χ3v) is 8.14. The number of pyridine rings is 1. The second kappa shape index (κ2) is 9.05. The van der Waals surface area contributed by atoms with Crippen LogP contribution in [-0.4, -0.2) is 56.1 Å². The summed E-state index contributed by atoms with van der Waals surface area (Å²) in [6.45, 7) is 4.57. The van der Waals surface area contributed by atoms with Crippen LogP contribution in [0.15, 0.2) is 48.9 Å². The fourth-order valence-electron chi connectivity index (χ4n) is 5.22. The van der Waals surface area contributed by atoms with Crippen molar-refractivity contribution in [3.8, 4) is 10.4 Å². The fraction of sp³-hybridized carbons (Fsp3) is 0.385. The van der Waals surface area contributed by atoms with Crippen LogP contribution in [0.5, 0.6) is 0 Å². The van der Waals surface area contributed by atoms with Crippen LogP contribution in [-0.2, 0) is 0 Å². The monoisotopic (exact) mass is 487 g/mol. The molecule has 0 unspecified atom stereocenters. The zero-order valence-electron chi connectivity index (χ0n) is 19.8. The van der Waals surface area contributed by atoms with E-state index in [4.69, 9.17) is 15.8 Å². The maximum atomic E-state index is 13.6. The van der Waals surface area contributed by atoms with Crippen LogP contribution in [0.3, 0.4) is 0 Å². The van der Waals surface area contributed by atoms with Crippen molar-refractivity contribution < 1.29 is 4.79 Å². The van der Waals surface area contributed by atoms with Crippen LogP contribution in [0.1, 0.15) is 52.7 Å². The van der Waals surface area contributed by atoms with Gasteiger partial charge >= 0.3 is 0 Å². The highest BCUT2D eigenvalue weighted by molar-refractivity contribution is 7.17. The SMILES string of the molecule is Cc1cn2nc([C@@H]3CCCCN3C(=O)c3ccc(-c4cccnc4)s3)cc2nc1N1CC[C@H](N)C1. The molecule has 2 fully saturated rings. The average Bonchev–Trinajstić information content (AvgIpc) is 3.63. The summed E-state index contributed by atoms with van der Waals surface area (Å²) < 4.78 is 1.85. The van der Waals surface area contributed by atoms with Crippen molar-refractivity contribution in [1.29, 1.82) is 0 Å². The molecule has 2 saturated heterocycles. The van der Waals surface area contributed by atoms with E-state index in [1.54, 1.807) is 6.20 Å². The Labute approximate surface area is 208 Å². The van der Waals surface area contributed by atoms with Gasteiger partial charge in [-0.2, -0.15) is 5.10 Å². The maximum Gasteiger partial charge on any atom is 0.264 e. The minimum absolute atomic E-state index is 0.0501. The lowest BCUT2D eigenvalue weighted by molar-refractivity contribution is 0.0611. The number of amides is 1. The van der Waals surface area contributed by atoms with Crippen LogP contribution in [0, 0.1) is 6.92 Å². The second-order valence-corrected chi connectivity index (χ2v) is 10.6. The molecule has 6 heterocycles. The van der Waals surface area contributed by atoms with E-state index in [9.17, 15) is 4.79 Å². The molecule has 8 nitrogen and oxygen atoms in total. The molecule has 0 aromatic carbocycles. The first kappa shape index (κ1) is 22.2. The predicted octanol–water partition coefficient (Wildman–Crippen LogP) is 4.07. The summed E-state index contributed by atoms with van der Waals surface area (Å²) in [6.07, 6.45) is 9.61. The molecule has 0 aliphatic carbocycles. The van der Waals surface area contributed by atoms with E-state index >= 15 is 0 Å². The highest BCUT2D eigenvalue weighted by Crippen LogP contribution is 2.35. The summed E-state index contributed by atoms with van der Waals surface area (Å²) in [5.74, 6) is 1.05. The fourth-order valence-corrected chi connectivity index (χ4v) is 6.17. The van der Waals surface area contributed by atoms with Gasteiger partial charge in [-0.1, -0.05) is 6.07 Å². The van der Waals surface area contributed by atoms with Gasteiger partial charge in [0.05, 0.1) is 16.6 Å². The molecule has 9 heteroatoms. The summed E-state index contributed by atoms with van der Waals surface area (Å²) >= 11 is 1.52. The van der Waals surface area contributed by atoms with Gasteiger partial charge in [0, 0.05) is 66.3 Å². The second-order valence-electron chi connectivity index (χ2n) is 9.53. The van der Waals surface area contributed by atoms with Gasteiger partial charge in [-0.3, -0.25) is 9.78 Å². The van der Waals surface area contributed by atoms with Crippen molar-refractivity contribution in [2.45, 2.75) is 44.7 Å². The zero-order valence-corrected chi connectivity index (χ0v) is 20.6. The van der Waals surface area contributed by atoms with Crippen LogP contribution < -0.4 is 10.6 Å². The summed E-state index contributed by atoms with van der Waals surface area (Å²) in [6, 6.07) is 10.1. The van der Waals surface area contributed by atoms with Gasteiger partial charge in [-0.25, -0.2) is 9.50 Å². The van der Waals surface area contributed by atoms with Gasteiger partial charge in [-0.05, 0) is 50.8 Å². The number of fused-ring (bicyclic) bond motifs is 1. The Hall–Kier alpha value is -3.30. The normalized spacial score (nSPS) is 20.6. The van der Waals surface area contributed by atoms with Gasteiger partial charge < -0.3 is 15.5 Å². The van der Waals surface area contributed by atoms with E-state index < -0.39 is 0 Å². The lowest BCUT2D eigenvalue weighted by Crippen LogP contribution is -2.38. The van der Waals surface area contributed by atoms with Crippen molar-refractivity contribution in [1.82, 2.24) is 24.5 Å². The molecular formula is C26H29N7OS. The van der Waals surface area contributed by atoms with Crippen molar-refractivity contribution in [2.24, 2.45) is 5.73 Å². The van der Waals surface area contributed by atoms with Gasteiger partial charge in [0.15, 0.2) is 5.65 Å². The van der Waals surface area contributed by atoms with Gasteiger partial charge in [0.2, 0.25) is 0 Å². The molecule has 0 bridgehead atoms. The Morgan fingerprint density at radius 2 is 2.09 bits per heavy atom. The molecule has 4 aromatic rings. The summed E-state index contributed by atoms with van der Waals surface area (Å²) in [5.41, 5.74) is 9.96. The number of aryl methyl sites for hydroxylation is 1. The van der Waals surface area contributed by atoms with E-state index in [-0.39, 0.29) is 18.0 Å². The van der Waals surface area contributed by atoms with E-state index in [0.29, 0.717) is 0 Å². The van der Waals surface area contributed by atoms with Crippen molar-refractivity contribution >= 4 is 28.7 Å². The Morgan fingerprint density at radius 1 is 1.17 bits per heavy atom. The number of carbonyl (C=O) groups excluding carboxylic acids is 1. The Balaban J connectivity index is 1.29. The summed E-state index contributed by atoms with van der Waals surface area (Å²) in [5, 5.41) is 4.87. The van der Waals surface area contributed by atoms with Gasteiger partial charge in [-0.15, -0.1) is 11.3 Å². The van der Waals surface area contributed by atoms with E-state index in [1.165, 1.54) is 11.3 Å². The quantitative estimate of drug-likeness (QED) is 0.467. The van der Waals surface area contributed by atoms with Gasteiger partial charge in [0.25, 0.3) is 5.91 Å². The van der Waals surface area contributed by atoms with Crippen molar-refractivity contribution in [2.75, 3.05) is 24.5 Å². The number of anilines is 1. The molecule has 6 rings (SSSR count). The number of thiophene rings is 1. The van der Waals surface area contributed by atoms with E-state index in [0.717, 1.165) is 83.4 Å². The third-order valence-electron chi connectivity index (χ3n) is 7.02. The molecule has 2 aliphatic heterocycles. The summed E-state index contributed by atoms with van der Waals surface area (Å²) in [4.78, 5) is 28.8. The predicted molar refractivity (Wildman–Crippen MR) is 138 cm³/mol. The number of rotatable bonds is 4. The maximum absolute atomic E-state index is 13.6. The topological polar surface area (TPSA) is 92.6 Å². The lowest BCUT2D eigenvalue weighted by atomic mass is 9.99. The molecule has 0 saturated carbocycles. The molecule has 180 valence electrons. The smallest absolute Gasteiger partial charge is 0.264 e. The number of nitrogens with two attached hydrogens (primary N) is 1. The van der Waals surface area contributed by atoms with Crippen molar-refractivity contribution in [3.05, 3.63) is 65.1 Å². The molecule has 35 heavy (non-hydrogen) atoms. The number of aromatic nitrogens is 4. The molecular weight excluding hydrogens is 458 g/mol. The first-order valence-corrected chi connectivity index (χ1v) is 13.1. The van der Waals surface area contributed by atoms with E-state index in [2.05, 4.69) is 16.8 Å². The average molecular weight is 488 g/mol. The molecule has 2 atom stereocenters. The number of likely N-dealkylation sites (tertiary alicyclic amines) is 1. The number of nitrogens with zero attached hydrogens (tertiary/aromatic N) is 6. The van der Waals surface area contributed by atoms with Crippen LogP contribution in [0.4, 0.5) is 5.82 Å². The molecule has 1 amide bonds. The Bertz CT molecular complexity index is 1360. The standard InChI is InChI=1S/C26H29N7OS/c1-17-15-33-24(29-25(17)31-12-9-19(27)16-31)13-20(30-33)21-6-2-3-11-32(21)26(34)23-8-7-22(35-23)18-5-4-10-28-14-18/h4-5,7-8,10,13-15,19,21H,2-3,6,9,11-12,16,27H2,1H3/t19-,21-/m0/s1. The zero-order chi connectivity index (χ0) is 23.9. The minimum Gasteiger partial charge on any atom is -0.355 e. The van der Waals surface area contributed by atoms with Crippen LogP contribution in [0.25, 0.3) is 16.1 Å². The first-order chi connectivity index (χ1) is 17.1. The number of hydrogen-bond acceptors (Lipinski definition) is 7. The first-order valence-electron chi connectivity index (χ1n) is 12.3. The highest BCUT2D eigenvalue weighted by atomic mass is 32.1. The number of carbonyl (C=O) groups is 1. The Kier molecular flexibility index (Phi) is 5.74. The molecule has 0 radical (unpaired) electrons. The Morgan fingerprint density at radius 3 is 2.89 bits per heavy atom. The highest BCUT2D eigenvalue weighted by Gasteiger charge is 2.32. The summed E-state index contributed by atoms with van der Waals surface area (Å²) in [7, 11) is 0. The van der Waals surface area contributed by atoms with Crippen LogP contribution >= 0.6 is 11.3 Å².